The Morgan fingerprint density at radius 3 is 2.54 bits per heavy atom. The van der Waals surface area contributed by atoms with Crippen LogP contribution in [0.2, 0.25) is 0 Å². The Hall–Kier alpha value is -1.32. The van der Waals surface area contributed by atoms with Crippen LogP contribution in [0.1, 0.15) is 20.8 Å². The second-order valence-corrected chi connectivity index (χ2v) is 3.40. The maximum atomic E-state index is 11.3. The van der Waals surface area contributed by atoms with Crippen molar-refractivity contribution in [3.63, 3.8) is 0 Å². The van der Waals surface area contributed by atoms with Gasteiger partial charge in [0, 0.05) is 6.54 Å². The van der Waals surface area contributed by atoms with Crippen LogP contribution in [0.15, 0.2) is 11.6 Å². The molecule has 0 aliphatic carbocycles. The van der Waals surface area contributed by atoms with E-state index in [1.807, 2.05) is 19.9 Å². The molecule has 1 aliphatic rings. The van der Waals surface area contributed by atoms with Gasteiger partial charge in [0.1, 0.15) is 6.04 Å². The van der Waals surface area contributed by atoms with Crippen LogP contribution in [0, 0.1) is 0 Å². The van der Waals surface area contributed by atoms with Gasteiger partial charge in [0.2, 0.25) is 0 Å². The molecule has 0 radical (unpaired) electrons. The Morgan fingerprint density at radius 1 is 1.54 bits per heavy atom. The minimum Gasteiger partial charge on any atom is -0.326 e. The molecule has 0 aromatic carbocycles. The number of rotatable bonds is 2. The third-order valence-corrected chi connectivity index (χ3v) is 1.90. The summed E-state index contributed by atoms with van der Waals surface area (Å²) < 4.78 is 0. The maximum absolute atomic E-state index is 11.3. The van der Waals surface area contributed by atoms with E-state index in [0.29, 0.717) is 6.54 Å². The summed E-state index contributed by atoms with van der Waals surface area (Å²) in [6.07, 6.45) is 1.86. The molecule has 13 heavy (non-hydrogen) atoms. The molecule has 0 spiro atoms. The highest BCUT2D eigenvalue weighted by atomic mass is 16.2. The van der Waals surface area contributed by atoms with Crippen molar-refractivity contribution < 1.29 is 9.59 Å². The SMILES string of the molecule is CC(C)=CCN1C(=O)NC(C)C1=O. The van der Waals surface area contributed by atoms with E-state index < -0.39 is 0 Å². The van der Waals surface area contributed by atoms with E-state index in [-0.39, 0.29) is 18.0 Å². The van der Waals surface area contributed by atoms with Crippen molar-refractivity contribution in [2.45, 2.75) is 26.8 Å². The first-order chi connectivity index (χ1) is 6.02. The van der Waals surface area contributed by atoms with Gasteiger partial charge in [0.15, 0.2) is 0 Å². The van der Waals surface area contributed by atoms with Crippen molar-refractivity contribution in [2.24, 2.45) is 0 Å². The summed E-state index contributed by atoms with van der Waals surface area (Å²) in [5, 5.41) is 2.55. The fraction of sp³-hybridized carbons (Fsp3) is 0.556. The van der Waals surface area contributed by atoms with Crippen molar-refractivity contribution >= 4 is 11.9 Å². The predicted octanol–water partition coefficient (Wildman–Crippen LogP) is 0.893. The van der Waals surface area contributed by atoms with E-state index in [4.69, 9.17) is 0 Å². The summed E-state index contributed by atoms with van der Waals surface area (Å²) in [5.74, 6) is -0.150. The molecular weight excluding hydrogens is 168 g/mol. The number of carbonyl (C=O) groups excluding carboxylic acids is 2. The third-order valence-electron chi connectivity index (χ3n) is 1.90. The highest BCUT2D eigenvalue weighted by Crippen LogP contribution is 2.05. The second kappa shape index (κ2) is 3.60. The van der Waals surface area contributed by atoms with Crippen LogP contribution < -0.4 is 5.32 Å². The first-order valence-corrected chi connectivity index (χ1v) is 4.27. The monoisotopic (exact) mass is 182 g/mol. The Morgan fingerprint density at radius 2 is 2.15 bits per heavy atom. The van der Waals surface area contributed by atoms with Crippen LogP contribution in [0.3, 0.4) is 0 Å². The fourth-order valence-corrected chi connectivity index (χ4v) is 1.11. The average Bonchev–Trinajstić information content (AvgIpc) is 2.24. The summed E-state index contributed by atoms with van der Waals surface area (Å²) >= 11 is 0. The molecular formula is C9H14N2O2. The van der Waals surface area contributed by atoms with Gasteiger partial charge in [-0.2, -0.15) is 0 Å². The van der Waals surface area contributed by atoms with E-state index in [1.165, 1.54) is 4.90 Å². The Kier molecular flexibility index (Phi) is 2.70. The average molecular weight is 182 g/mol. The van der Waals surface area contributed by atoms with Crippen molar-refractivity contribution in [1.82, 2.24) is 10.2 Å². The van der Waals surface area contributed by atoms with Gasteiger partial charge in [0.25, 0.3) is 5.91 Å². The number of nitrogens with one attached hydrogen (secondary N) is 1. The minimum absolute atomic E-state index is 0.150. The zero-order valence-corrected chi connectivity index (χ0v) is 8.13. The van der Waals surface area contributed by atoms with E-state index in [1.54, 1.807) is 6.92 Å². The van der Waals surface area contributed by atoms with E-state index in [2.05, 4.69) is 5.32 Å². The number of hydrogen-bond acceptors (Lipinski definition) is 2. The second-order valence-electron chi connectivity index (χ2n) is 3.40. The van der Waals surface area contributed by atoms with Gasteiger partial charge < -0.3 is 5.32 Å². The molecule has 1 saturated heterocycles. The van der Waals surface area contributed by atoms with Crippen LogP contribution in [0.25, 0.3) is 0 Å². The summed E-state index contributed by atoms with van der Waals surface area (Å²) in [4.78, 5) is 23.7. The van der Waals surface area contributed by atoms with Gasteiger partial charge in [-0.3, -0.25) is 9.69 Å². The Balaban J connectivity index is 2.65. The van der Waals surface area contributed by atoms with Gasteiger partial charge in [-0.25, -0.2) is 4.79 Å². The maximum Gasteiger partial charge on any atom is 0.325 e. The molecule has 1 heterocycles. The number of hydrogen-bond donors (Lipinski definition) is 1. The molecule has 1 N–H and O–H groups in total. The highest BCUT2D eigenvalue weighted by molar-refractivity contribution is 6.04. The smallest absolute Gasteiger partial charge is 0.325 e. The first-order valence-electron chi connectivity index (χ1n) is 4.27. The van der Waals surface area contributed by atoms with Crippen LogP contribution in [-0.2, 0) is 4.79 Å². The fourth-order valence-electron chi connectivity index (χ4n) is 1.11. The standard InChI is InChI=1S/C9H14N2O2/c1-6(2)4-5-11-8(12)7(3)10-9(11)13/h4,7H,5H2,1-3H3,(H,10,13). The molecule has 72 valence electrons. The normalized spacial score (nSPS) is 21.8. The lowest BCUT2D eigenvalue weighted by molar-refractivity contribution is -0.126. The molecule has 3 amide bonds. The molecule has 4 heteroatoms. The van der Waals surface area contributed by atoms with Crippen molar-refractivity contribution in [1.29, 1.82) is 0 Å². The molecule has 1 unspecified atom stereocenters. The number of amides is 3. The molecule has 0 aromatic rings. The summed E-state index contributed by atoms with van der Waals surface area (Å²) in [6, 6.07) is -0.673. The Bertz CT molecular complexity index is 267. The molecule has 0 saturated carbocycles. The molecule has 4 nitrogen and oxygen atoms in total. The lowest BCUT2D eigenvalue weighted by atomic mass is 10.3. The van der Waals surface area contributed by atoms with Crippen LogP contribution in [0.4, 0.5) is 4.79 Å². The van der Waals surface area contributed by atoms with Crippen LogP contribution in [-0.4, -0.2) is 29.4 Å². The van der Waals surface area contributed by atoms with E-state index >= 15 is 0 Å². The van der Waals surface area contributed by atoms with Gasteiger partial charge in [-0.15, -0.1) is 0 Å². The molecule has 1 rings (SSSR count). The van der Waals surface area contributed by atoms with E-state index in [0.717, 1.165) is 5.57 Å². The number of nitrogens with zero attached hydrogens (tertiary/aromatic N) is 1. The van der Waals surface area contributed by atoms with Crippen molar-refractivity contribution in [3.8, 4) is 0 Å². The van der Waals surface area contributed by atoms with Gasteiger partial charge in [-0.1, -0.05) is 11.6 Å². The quantitative estimate of drug-likeness (QED) is 0.509. The van der Waals surface area contributed by atoms with Gasteiger partial charge >= 0.3 is 6.03 Å². The number of allylic oxidation sites excluding steroid dienone is 1. The van der Waals surface area contributed by atoms with Crippen molar-refractivity contribution in [2.75, 3.05) is 6.54 Å². The molecule has 1 aliphatic heterocycles. The number of urea groups is 1. The van der Waals surface area contributed by atoms with Crippen LogP contribution >= 0.6 is 0 Å². The zero-order chi connectivity index (χ0) is 10.0. The van der Waals surface area contributed by atoms with Gasteiger partial charge in [0.05, 0.1) is 0 Å². The highest BCUT2D eigenvalue weighted by Gasteiger charge is 2.33. The van der Waals surface area contributed by atoms with Crippen LogP contribution in [0.5, 0.6) is 0 Å². The third kappa shape index (κ3) is 2.08. The molecule has 0 bridgehead atoms. The topological polar surface area (TPSA) is 49.4 Å². The molecule has 0 aromatic heterocycles. The zero-order valence-electron chi connectivity index (χ0n) is 8.13. The molecule has 1 fully saturated rings. The number of carbonyl (C=O) groups is 2. The minimum atomic E-state index is -0.377. The number of imide groups is 1. The Labute approximate surface area is 77.6 Å². The lowest BCUT2D eigenvalue weighted by Crippen LogP contribution is -2.31. The predicted molar refractivity (Wildman–Crippen MR) is 49.1 cm³/mol. The largest absolute Gasteiger partial charge is 0.326 e. The summed E-state index contributed by atoms with van der Waals surface area (Å²) in [6.45, 7) is 5.92. The van der Waals surface area contributed by atoms with E-state index in [9.17, 15) is 9.59 Å². The summed E-state index contributed by atoms with van der Waals surface area (Å²) in [7, 11) is 0. The summed E-state index contributed by atoms with van der Waals surface area (Å²) in [5.41, 5.74) is 1.10. The van der Waals surface area contributed by atoms with Gasteiger partial charge in [-0.05, 0) is 20.8 Å². The lowest BCUT2D eigenvalue weighted by Gasteiger charge is -2.09. The first kappa shape index (κ1) is 9.77. The molecule has 1 atom stereocenters. The van der Waals surface area contributed by atoms with Crippen molar-refractivity contribution in [3.05, 3.63) is 11.6 Å².